The minimum atomic E-state index is -0.578. The molecular weight excluding hydrogens is 436 g/mol. The molecule has 2 rings (SSSR count). The molecule has 1 aromatic carbocycles. The summed E-state index contributed by atoms with van der Waals surface area (Å²) in [6, 6.07) is 6.15. The largest absolute Gasteiger partial charge is 0.451 e. The van der Waals surface area contributed by atoms with Crippen LogP contribution < -0.4 is 5.32 Å². The van der Waals surface area contributed by atoms with Gasteiger partial charge >= 0.3 is 5.97 Å². The Morgan fingerprint density at radius 3 is 2.45 bits per heavy atom. The van der Waals surface area contributed by atoms with Crippen LogP contribution in [0.15, 0.2) is 28.1 Å². The van der Waals surface area contributed by atoms with Gasteiger partial charge in [-0.25, -0.2) is 4.79 Å². The number of carbonyl (C=O) groups excluding carboxylic acids is 2. The summed E-state index contributed by atoms with van der Waals surface area (Å²) in [5.74, 6) is -1.12. The van der Waals surface area contributed by atoms with Crippen LogP contribution in [0.5, 0.6) is 0 Å². The van der Waals surface area contributed by atoms with Crippen molar-refractivity contribution < 1.29 is 14.3 Å². The summed E-state index contributed by atoms with van der Waals surface area (Å²) in [5, 5.41) is 3.25. The molecule has 4 nitrogen and oxygen atoms in total. The van der Waals surface area contributed by atoms with Gasteiger partial charge in [0, 0.05) is 0 Å². The van der Waals surface area contributed by atoms with Gasteiger partial charge in [-0.15, -0.1) is 11.3 Å². The molecule has 0 radical (unpaired) electrons. The minimum absolute atomic E-state index is 0.233. The summed E-state index contributed by atoms with van der Waals surface area (Å²) in [7, 11) is 0. The molecule has 1 amide bonds. The van der Waals surface area contributed by atoms with Gasteiger partial charge < -0.3 is 10.1 Å². The number of hydrogen-bond donors (Lipinski definition) is 1. The highest BCUT2D eigenvalue weighted by Gasteiger charge is 2.14. The van der Waals surface area contributed by atoms with Gasteiger partial charge in [-0.1, -0.05) is 34.8 Å². The van der Waals surface area contributed by atoms with E-state index < -0.39 is 18.5 Å². The third-order valence-corrected chi connectivity index (χ3v) is 5.03. The summed E-state index contributed by atoms with van der Waals surface area (Å²) < 4.78 is 5.70. The number of benzene rings is 1. The van der Waals surface area contributed by atoms with E-state index in [0.717, 1.165) is 3.79 Å². The van der Waals surface area contributed by atoms with Gasteiger partial charge in [0.25, 0.3) is 5.91 Å². The van der Waals surface area contributed by atoms with Gasteiger partial charge in [-0.3, -0.25) is 4.79 Å². The van der Waals surface area contributed by atoms with Crippen LogP contribution >= 0.6 is 62.1 Å². The molecule has 0 atom stereocenters. The van der Waals surface area contributed by atoms with Crippen LogP contribution in [-0.4, -0.2) is 18.5 Å². The van der Waals surface area contributed by atoms with Crippen molar-refractivity contribution in [2.75, 3.05) is 11.9 Å². The maximum atomic E-state index is 11.8. The third-order valence-electron chi connectivity index (χ3n) is 2.39. The molecule has 0 unspecified atom stereocenters. The maximum absolute atomic E-state index is 11.8. The second kappa shape index (κ2) is 7.66. The number of carbonyl (C=O) groups is 2. The molecule has 9 heteroatoms. The average molecular weight is 444 g/mol. The second-order valence-corrected chi connectivity index (χ2v) is 7.66. The van der Waals surface area contributed by atoms with Gasteiger partial charge in [0.1, 0.15) is 4.88 Å². The Morgan fingerprint density at radius 1 is 1.14 bits per heavy atom. The lowest BCUT2D eigenvalue weighted by Crippen LogP contribution is -2.20. The van der Waals surface area contributed by atoms with Gasteiger partial charge in [0.15, 0.2) is 6.61 Å². The van der Waals surface area contributed by atoms with Crippen LogP contribution in [0.1, 0.15) is 9.67 Å². The van der Waals surface area contributed by atoms with E-state index in [1.807, 2.05) is 0 Å². The van der Waals surface area contributed by atoms with Gasteiger partial charge in [-0.05, 0) is 40.2 Å². The molecule has 0 aliphatic carbocycles. The summed E-state index contributed by atoms with van der Waals surface area (Å²) in [4.78, 5) is 23.9. The van der Waals surface area contributed by atoms with E-state index in [1.54, 1.807) is 12.1 Å². The first kappa shape index (κ1) is 17.6. The van der Waals surface area contributed by atoms with E-state index in [4.69, 9.17) is 39.5 Å². The predicted octanol–water partition coefficient (Wildman–Crippen LogP) is 5.27. The summed E-state index contributed by atoms with van der Waals surface area (Å²) in [5.41, 5.74) is 0.288. The summed E-state index contributed by atoms with van der Waals surface area (Å²) in [6.07, 6.45) is 0. The highest BCUT2D eigenvalue weighted by molar-refractivity contribution is 9.11. The highest BCUT2D eigenvalue weighted by Crippen LogP contribution is 2.32. The van der Waals surface area contributed by atoms with Crippen LogP contribution in [0.25, 0.3) is 0 Å². The molecule has 0 saturated heterocycles. The quantitative estimate of drug-likeness (QED) is 0.518. The normalized spacial score (nSPS) is 10.4. The monoisotopic (exact) mass is 441 g/mol. The van der Waals surface area contributed by atoms with Crippen LogP contribution in [0.2, 0.25) is 15.1 Å². The van der Waals surface area contributed by atoms with E-state index >= 15 is 0 Å². The predicted molar refractivity (Wildman–Crippen MR) is 92.4 cm³/mol. The van der Waals surface area contributed by atoms with E-state index in [-0.39, 0.29) is 20.8 Å². The number of amides is 1. The number of rotatable bonds is 4. The number of halogens is 4. The fraction of sp³-hybridized carbons (Fsp3) is 0.0769. The standard InChI is InChI=1S/C13H7BrCl3NO3S/c14-11-2-1-10(22-11)13(20)21-5-12(19)18-9-4-7(16)6(15)3-8(9)17/h1-4H,5H2,(H,18,19). The molecule has 0 fully saturated rings. The van der Waals surface area contributed by atoms with Gasteiger partial charge in [-0.2, -0.15) is 0 Å². The van der Waals surface area contributed by atoms with Crippen molar-refractivity contribution in [1.82, 2.24) is 0 Å². The number of ether oxygens (including phenoxy) is 1. The zero-order chi connectivity index (χ0) is 16.3. The third kappa shape index (κ3) is 4.60. The van der Waals surface area contributed by atoms with E-state index in [2.05, 4.69) is 21.2 Å². The first-order valence-electron chi connectivity index (χ1n) is 5.73. The van der Waals surface area contributed by atoms with Crippen molar-refractivity contribution in [1.29, 1.82) is 0 Å². The Hall–Kier alpha value is -0.790. The molecule has 0 aliphatic rings. The number of nitrogens with one attached hydrogen (secondary N) is 1. The lowest BCUT2D eigenvalue weighted by atomic mass is 10.3. The Kier molecular flexibility index (Phi) is 6.11. The molecule has 116 valence electrons. The summed E-state index contributed by atoms with van der Waals surface area (Å²) >= 11 is 22.0. The molecule has 1 aromatic heterocycles. The van der Waals surface area contributed by atoms with Crippen molar-refractivity contribution in [2.24, 2.45) is 0 Å². The average Bonchev–Trinajstić information content (AvgIpc) is 2.89. The van der Waals surface area contributed by atoms with Crippen LogP contribution in [0.3, 0.4) is 0 Å². The van der Waals surface area contributed by atoms with Crippen molar-refractivity contribution in [3.05, 3.63) is 48.0 Å². The van der Waals surface area contributed by atoms with E-state index in [0.29, 0.717) is 4.88 Å². The van der Waals surface area contributed by atoms with Crippen LogP contribution in [0.4, 0.5) is 5.69 Å². The zero-order valence-corrected chi connectivity index (χ0v) is 15.3. The Balaban J connectivity index is 1.93. The zero-order valence-electron chi connectivity index (χ0n) is 10.7. The summed E-state index contributed by atoms with van der Waals surface area (Å²) in [6.45, 7) is -0.440. The lowest BCUT2D eigenvalue weighted by molar-refractivity contribution is -0.119. The molecule has 1 N–H and O–H groups in total. The molecular formula is C13H7BrCl3NO3S. The molecule has 2 aromatic rings. The SMILES string of the molecule is O=C(COC(=O)c1ccc(Br)s1)Nc1cc(Cl)c(Cl)cc1Cl. The van der Waals surface area contributed by atoms with Crippen molar-refractivity contribution in [2.45, 2.75) is 0 Å². The van der Waals surface area contributed by atoms with Crippen LogP contribution in [-0.2, 0) is 9.53 Å². The number of anilines is 1. The van der Waals surface area contributed by atoms with Gasteiger partial charge in [0.05, 0.1) is 24.5 Å². The van der Waals surface area contributed by atoms with Crippen molar-refractivity contribution >= 4 is 79.6 Å². The molecule has 0 aliphatic heterocycles. The topological polar surface area (TPSA) is 55.4 Å². The minimum Gasteiger partial charge on any atom is -0.451 e. The van der Waals surface area contributed by atoms with Crippen molar-refractivity contribution in [3.63, 3.8) is 0 Å². The number of hydrogen-bond acceptors (Lipinski definition) is 4. The smallest absolute Gasteiger partial charge is 0.348 e. The highest BCUT2D eigenvalue weighted by atomic mass is 79.9. The number of thiophene rings is 1. The lowest BCUT2D eigenvalue weighted by Gasteiger charge is -2.09. The Labute approximate surface area is 153 Å². The number of esters is 1. The fourth-order valence-corrected chi connectivity index (χ4v) is 3.30. The molecule has 0 spiro atoms. The maximum Gasteiger partial charge on any atom is 0.348 e. The Morgan fingerprint density at radius 2 is 1.82 bits per heavy atom. The van der Waals surface area contributed by atoms with Crippen molar-refractivity contribution in [3.8, 4) is 0 Å². The van der Waals surface area contributed by atoms with E-state index in [9.17, 15) is 9.59 Å². The molecule has 1 heterocycles. The fourth-order valence-electron chi connectivity index (χ4n) is 1.43. The molecule has 0 bridgehead atoms. The second-order valence-electron chi connectivity index (χ2n) is 3.97. The molecule has 0 saturated carbocycles. The van der Waals surface area contributed by atoms with E-state index in [1.165, 1.54) is 23.5 Å². The first-order chi connectivity index (χ1) is 10.4. The first-order valence-corrected chi connectivity index (χ1v) is 8.48. The van der Waals surface area contributed by atoms with Gasteiger partial charge in [0.2, 0.25) is 0 Å². The van der Waals surface area contributed by atoms with Crippen LogP contribution in [0, 0.1) is 0 Å². The molecule has 22 heavy (non-hydrogen) atoms. The Bertz CT molecular complexity index is 735.